The Kier molecular flexibility index (Phi) is 5.45. The number of piperidine rings is 1. The van der Waals surface area contributed by atoms with Gasteiger partial charge >= 0.3 is 0 Å². The normalized spacial score (nSPS) is 24.2. The zero-order valence-electron chi connectivity index (χ0n) is 11.6. The van der Waals surface area contributed by atoms with Gasteiger partial charge in [-0.2, -0.15) is 0 Å². The predicted molar refractivity (Wildman–Crippen MR) is 73.5 cm³/mol. The standard InChI is InChI=1S/C14H27N3O/c1-17(13-5-6-13)10-9-16-14(18)7-4-12-3-2-8-15-11-12/h12-13,15H,2-11H2,1H3,(H,16,18). The molecule has 0 aromatic rings. The third kappa shape index (κ3) is 4.94. The van der Waals surface area contributed by atoms with E-state index in [-0.39, 0.29) is 5.91 Å². The lowest BCUT2D eigenvalue weighted by molar-refractivity contribution is -0.121. The molecule has 1 heterocycles. The van der Waals surface area contributed by atoms with E-state index < -0.39 is 0 Å². The first kappa shape index (κ1) is 13.8. The monoisotopic (exact) mass is 253 g/mol. The summed E-state index contributed by atoms with van der Waals surface area (Å²) >= 11 is 0. The molecule has 1 saturated heterocycles. The highest BCUT2D eigenvalue weighted by Crippen LogP contribution is 2.24. The van der Waals surface area contributed by atoms with Gasteiger partial charge in [0.2, 0.25) is 5.91 Å². The Labute approximate surface area is 110 Å². The van der Waals surface area contributed by atoms with E-state index >= 15 is 0 Å². The van der Waals surface area contributed by atoms with E-state index in [4.69, 9.17) is 0 Å². The zero-order chi connectivity index (χ0) is 12.8. The molecule has 18 heavy (non-hydrogen) atoms. The van der Waals surface area contributed by atoms with Gasteiger partial charge in [0.15, 0.2) is 0 Å². The van der Waals surface area contributed by atoms with Crippen LogP contribution in [0.4, 0.5) is 0 Å². The molecule has 2 rings (SSSR count). The maximum absolute atomic E-state index is 11.7. The van der Waals surface area contributed by atoms with Crippen LogP contribution in [0.5, 0.6) is 0 Å². The van der Waals surface area contributed by atoms with Gasteiger partial charge in [-0.25, -0.2) is 0 Å². The molecule has 104 valence electrons. The molecule has 0 aromatic heterocycles. The van der Waals surface area contributed by atoms with Crippen LogP contribution in [-0.4, -0.2) is 50.1 Å². The van der Waals surface area contributed by atoms with E-state index in [0.29, 0.717) is 12.3 Å². The summed E-state index contributed by atoms with van der Waals surface area (Å²) in [5, 5.41) is 6.43. The molecule has 1 amide bonds. The number of nitrogens with zero attached hydrogens (tertiary/aromatic N) is 1. The van der Waals surface area contributed by atoms with Gasteiger partial charge in [0.25, 0.3) is 0 Å². The lowest BCUT2D eigenvalue weighted by Gasteiger charge is -2.22. The highest BCUT2D eigenvalue weighted by atomic mass is 16.1. The number of rotatable bonds is 7. The van der Waals surface area contributed by atoms with Gasteiger partial charge in [-0.3, -0.25) is 4.79 Å². The summed E-state index contributed by atoms with van der Waals surface area (Å²) in [6.45, 7) is 4.03. The molecule has 2 fully saturated rings. The second-order valence-corrected chi connectivity index (χ2v) is 5.81. The van der Waals surface area contributed by atoms with Crippen molar-refractivity contribution < 1.29 is 4.79 Å². The lowest BCUT2D eigenvalue weighted by Crippen LogP contribution is -2.35. The van der Waals surface area contributed by atoms with Crippen LogP contribution >= 0.6 is 0 Å². The summed E-state index contributed by atoms with van der Waals surface area (Å²) in [6.07, 6.45) is 6.94. The third-order valence-corrected chi connectivity index (χ3v) is 4.14. The van der Waals surface area contributed by atoms with Crippen molar-refractivity contribution >= 4 is 5.91 Å². The molecular formula is C14H27N3O. The number of carbonyl (C=O) groups is 1. The van der Waals surface area contributed by atoms with Crippen molar-refractivity contribution in [1.82, 2.24) is 15.5 Å². The average molecular weight is 253 g/mol. The van der Waals surface area contributed by atoms with E-state index in [9.17, 15) is 4.79 Å². The van der Waals surface area contributed by atoms with Crippen LogP contribution in [0.3, 0.4) is 0 Å². The number of nitrogens with one attached hydrogen (secondary N) is 2. The van der Waals surface area contributed by atoms with Gasteiger partial charge in [-0.1, -0.05) is 0 Å². The van der Waals surface area contributed by atoms with Crippen molar-refractivity contribution in [2.75, 3.05) is 33.2 Å². The van der Waals surface area contributed by atoms with Crippen LogP contribution in [0.25, 0.3) is 0 Å². The average Bonchev–Trinajstić information content (AvgIpc) is 3.22. The first-order valence-electron chi connectivity index (χ1n) is 7.43. The van der Waals surface area contributed by atoms with E-state index in [1.54, 1.807) is 0 Å². The van der Waals surface area contributed by atoms with E-state index in [1.165, 1.54) is 25.7 Å². The minimum Gasteiger partial charge on any atom is -0.355 e. The minimum absolute atomic E-state index is 0.227. The molecule has 0 radical (unpaired) electrons. The Morgan fingerprint density at radius 2 is 2.22 bits per heavy atom. The van der Waals surface area contributed by atoms with Crippen molar-refractivity contribution in [3.05, 3.63) is 0 Å². The largest absolute Gasteiger partial charge is 0.355 e. The van der Waals surface area contributed by atoms with Crippen molar-refractivity contribution in [2.24, 2.45) is 5.92 Å². The molecule has 2 N–H and O–H groups in total. The smallest absolute Gasteiger partial charge is 0.220 e. The molecule has 0 spiro atoms. The number of carbonyl (C=O) groups excluding carboxylic acids is 1. The van der Waals surface area contributed by atoms with Crippen LogP contribution in [0, 0.1) is 5.92 Å². The Morgan fingerprint density at radius 1 is 1.39 bits per heavy atom. The summed E-state index contributed by atoms with van der Waals surface area (Å²) in [4.78, 5) is 14.1. The summed E-state index contributed by atoms with van der Waals surface area (Å²) < 4.78 is 0. The van der Waals surface area contributed by atoms with Gasteiger partial charge in [0.05, 0.1) is 0 Å². The fraction of sp³-hybridized carbons (Fsp3) is 0.929. The maximum atomic E-state index is 11.7. The number of amides is 1. The highest BCUT2D eigenvalue weighted by Gasteiger charge is 2.25. The molecule has 1 aliphatic carbocycles. The van der Waals surface area contributed by atoms with Crippen LogP contribution in [-0.2, 0) is 4.79 Å². The van der Waals surface area contributed by atoms with Gasteiger partial charge in [-0.05, 0) is 58.2 Å². The molecule has 2 aliphatic rings. The van der Waals surface area contributed by atoms with Gasteiger partial charge in [-0.15, -0.1) is 0 Å². The first-order valence-corrected chi connectivity index (χ1v) is 7.43. The summed E-state index contributed by atoms with van der Waals surface area (Å²) in [6, 6.07) is 0.787. The molecule has 1 aliphatic heterocycles. The Morgan fingerprint density at radius 3 is 2.89 bits per heavy atom. The lowest BCUT2D eigenvalue weighted by atomic mass is 9.94. The topological polar surface area (TPSA) is 44.4 Å². The number of hydrogen-bond donors (Lipinski definition) is 2. The summed E-state index contributed by atoms with van der Waals surface area (Å²) in [5.74, 6) is 0.934. The molecule has 4 nitrogen and oxygen atoms in total. The van der Waals surface area contributed by atoms with Crippen molar-refractivity contribution in [2.45, 2.75) is 44.6 Å². The van der Waals surface area contributed by atoms with E-state index in [2.05, 4.69) is 22.6 Å². The summed E-state index contributed by atoms with van der Waals surface area (Å²) in [5.41, 5.74) is 0. The quantitative estimate of drug-likeness (QED) is 0.711. The van der Waals surface area contributed by atoms with Crippen molar-refractivity contribution in [1.29, 1.82) is 0 Å². The Bertz CT molecular complexity index is 260. The SMILES string of the molecule is CN(CCNC(=O)CCC1CCCNC1)C1CC1. The van der Waals surface area contributed by atoms with Crippen LogP contribution in [0.15, 0.2) is 0 Å². The summed E-state index contributed by atoms with van der Waals surface area (Å²) in [7, 11) is 2.15. The fourth-order valence-electron chi connectivity index (χ4n) is 2.66. The van der Waals surface area contributed by atoms with Crippen molar-refractivity contribution in [3.8, 4) is 0 Å². The van der Waals surface area contributed by atoms with Crippen LogP contribution in [0.1, 0.15) is 38.5 Å². The molecule has 1 atom stereocenters. The maximum Gasteiger partial charge on any atom is 0.220 e. The molecule has 0 aromatic carbocycles. The second kappa shape index (κ2) is 7.10. The van der Waals surface area contributed by atoms with Gasteiger partial charge < -0.3 is 15.5 Å². The highest BCUT2D eigenvalue weighted by molar-refractivity contribution is 5.75. The fourth-order valence-corrected chi connectivity index (χ4v) is 2.66. The predicted octanol–water partition coefficient (Wildman–Crippen LogP) is 0.977. The van der Waals surface area contributed by atoms with Gasteiger partial charge in [0.1, 0.15) is 0 Å². The van der Waals surface area contributed by atoms with E-state index in [1.807, 2.05) is 0 Å². The zero-order valence-corrected chi connectivity index (χ0v) is 11.6. The second-order valence-electron chi connectivity index (χ2n) is 5.81. The Hall–Kier alpha value is -0.610. The number of likely N-dealkylation sites (N-methyl/N-ethyl adjacent to an activating group) is 1. The molecule has 1 saturated carbocycles. The molecule has 4 heteroatoms. The molecule has 0 bridgehead atoms. The third-order valence-electron chi connectivity index (χ3n) is 4.14. The van der Waals surface area contributed by atoms with Crippen LogP contribution in [0.2, 0.25) is 0 Å². The van der Waals surface area contributed by atoms with Gasteiger partial charge in [0, 0.05) is 25.6 Å². The molecule has 1 unspecified atom stereocenters. The van der Waals surface area contributed by atoms with Crippen LogP contribution < -0.4 is 10.6 Å². The van der Waals surface area contributed by atoms with Crippen molar-refractivity contribution in [3.63, 3.8) is 0 Å². The molecular weight excluding hydrogens is 226 g/mol. The Balaban J connectivity index is 1.48. The minimum atomic E-state index is 0.227. The first-order chi connectivity index (χ1) is 8.75. The number of hydrogen-bond acceptors (Lipinski definition) is 3. The van der Waals surface area contributed by atoms with E-state index in [0.717, 1.165) is 38.6 Å².